The lowest BCUT2D eigenvalue weighted by Gasteiger charge is -2.34. The maximum absolute atomic E-state index is 12.7. The van der Waals surface area contributed by atoms with Crippen LogP contribution in [0.4, 0.5) is 0 Å². The average molecular weight is 352 g/mol. The topological polar surface area (TPSA) is 69.3 Å². The Morgan fingerprint density at radius 2 is 1.92 bits per heavy atom. The average Bonchev–Trinajstić information content (AvgIpc) is 3.49. The lowest BCUT2D eigenvalue weighted by molar-refractivity contribution is 0.0626. The number of aromatic nitrogens is 2. The molecule has 2 heterocycles. The van der Waals surface area contributed by atoms with Crippen molar-refractivity contribution < 1.29 is 4.79 Å². The molecule has 0 atom stereocenters. The van der Waals surface area contributed by atoms with Gasteiger partial charge < -0.3 is 9.88 Å². The second-order valence-electron chi connectivity index (χ2n) is 7.28. The number of rotatable bonds is 4. The van der Waals surface area contributed by atoms with Crippen molar-refractivity contribution in [3.8, 4) is 0 Å². The molecule has 1 aromatic heterocycles. The summed E-state index contributed by atoms with van der Waals surface area (Å²) in [5.74, 6) is 0.878. The zero-order chi connectivity index (χ0) is 18.1. The second-order valence-corrected chi connectivity index (χ2v) is 7.28. The number of amides is 1. The highest BCUT2D eigenvalue weighted by atomic mass is 16.2. The first-order valence-electron chi connectivity index (χ1n) is 9.27. The molecule has 4 rings (SSSR count). The van der Waals surface area contributed by atoms with Crippen LogP contribution >= 0.6 is 0 Å². The number of benzene rings is 1. The summed E-state index contributed by atoms with van der Waals surface area (Å²) >= 11 is 0. The highest BCUT2D eigenvalue weighted by Gasteiger charge is 2.28. The van der Waals surface area contributed by atoms with Gasteiger partial charge in [-0.3, -0.25) is 14.5 Å². The van der Waals surface area contributed by atoms with E-state index in [1.807, 2.05) is 0 Å². The molecule has 136 valence electrons. The van der Waals surface area contributed by atoms with E-state index in [1.165, 1.54) is 17.3 Å². The minimum absolute atomic E-state index is 0.154. The predicted molar refractivity (Wildman–Crippen MR) is 99.2 cm³/mol. The van der Waals surface area contributed by atoms with Gasteiger partial charge in [-0.05, 0) is 30.9 Å². The minimum Gasteiger partial charge on any atom is -0.336 e. The van der Waals surface area contributed by atoms with Crippen LogP contribution in [-0.2, 0) is 6.54 Å². The molecule has 1 amide bonds. The van der Waals surface area contributed by atoms with Crippen LogP contribution < -0.4 is 5.56 Å². The smallest absolute Gasteiger partial charge is 0.263 e. The van der Waals surface area contributed by atoms with Crippen LogP contribution in [0, 0.1) is 6.92 Å². The van der Waals surface area contributed by atoms with Gasteiger partial charge in [0.2, 0.25) is 0 Å². The van der Waals surface area contributed by atoms with Crippen molar-refractivity contribution in [1.29, 1.82) is 0 Å². The monoisotopic (exact) mass is 352 g/mol. The van der Waals surface area contributed by atoms with Crippen molar-refractivity contribution in [2.75, 3.05) is 26.2 Å². The van der Waals surface area contributed by atoms with Crippen LogP contribution in [0.3, 0.4) is 0 Å². The Hall–Kier alpha value is -2.47. The van der Waals surface area contributed by atoms with E-state index in [-0.39, 0.29) is 17.0 Å². The van der Waals surface area contributed by atoms with E-state index in [1.54, 1.807) is 4.90 Å². The number of carbonyl (C=O) groups is 1. The zero-order valence-electron chi connectivity index (χ0n) is 15.1. The van der Waals surface area contributed by atoms with E-state index >= 15 is 0 Å². The summed E-state index contributed by atoms with van der Waals surface area (Å²) in [6, 6.07) is 8.39. The third-order valence-electron chi connectivity index (χ3n) is 5.33. The van der Waals surface area contributed by atoms with Crippen LogP contribution in [0.5, 0.6) is 0 Å². The first-order chi connectivity index (χ1) is 12.6. The van der Waals surface area contributed by atoms with Gasteiger partial charge in [0, 0.05) is 44.8 Å². The molecule has 6 nitrogen and oxygen atoms in total. The number of aromatic amines is 1. The Labute approximate surface area is 152 Å². The summed E-state index contributed by atoms with van der Waals surface area (Å²) in [4.78, 5) is 36.1. The van der Waals surface area contributed by atoms with Crippen LogP contribution in [0.2, 0.25) is 0 Å². The molecule has 0 spiro atoms. The third kappa shape index (κ3) is 3.55. The molecule has 1 saturated heterocycles. The number of hydrogen-bond acceptors (Lipinski definition) is 4. The van der Waals surface area contributed by atoms with Gasteiger partial charge in [-0.25, -0.2) is 4.98 Å². The van der Waals surface area contributed by atoms with Gasteiger partial charge >= 0.3 is 0 Å². The molecule has 0 unspecified atom stereocenters. The van der Waals surface area contributed by atoms with Crippen LogP contribution in [0.15, 0.2) is 35.3 Å². The van der Waals surface area contributed by atoms with Gasteiger partial charge in [-0.2, -0.15) is 0 Å². The largest absolute Gasteiger partial charge is 0.336 e. The summed E-state index contributed by atoms with van der Waals surface area (Å²) in [5, 5.41) is 0. The van der Waals surface area contributed by atoms with Crippen molar-refractivity contribution in [1.82, 2.24) is 19.8 Å². The number of hydrogen-bond donors (Lipinski definition) is 1. The van der Waals surface area contributed by atoms with E-state index < -0.39 is 0 Å². The lowest BCUT2D eigenvalue weighted by Crippen LogP contribution is -2.49. The fourth-order valence-electron chi connectivity index (χ4n) is 3.43. The molecule has 6 heteroatoms. The zero-order valence-corrected chi connectivity index (χ0v) is 15.1. The maximum atomic E-state index is 12.7. The van der Waals surface area contributed by atoms with Gasteiger partial charge in [0.1, 0.15) is 11.4 Å². The molecule has 1 N–H and O–H groups in total. The first-order valence-corrected chi connectivity index (χ1v) is 9.27. The van der Waals surface area contributed by atoms with Crippen molar-refractivity contribution in [2.24, 2.45) is 0 Å². The third-order valence-corrected chi connectivity index (χ3v) is 5.33. The normalized spacial score (nSPS) is 18.1. The molecule has 1 saturated carbocycles. The molecule has 26 heavy (non-hydrogen) atoms. The van der Waals surface area contributed by atoms with E-state index in [0.717, 1.165) is 38.3 Å². The molecule has 1 aliphatic heterocycles. The fourth-order valence-corrected chi connectivity index (χ4v) is 3.43. The first kappa shape index (κ1) is 17.0. The molecular weight excluding hydrogens is 328 g/mol. The van der Waals surface area contributed by atoms with E-state index in [2.05, 4.69) is 46.1 Å². The molecular formula is C20H24N4O2. The predicted octanol–water partition coefficient (Wildman–Crippen LogP) is 1.91. The van der Waals surface area contributed by atoms with Crippen molar-refractivity contribution in [3.05, 3.63) is 63.3 Å². The molecule has 1 aliphatic carbocycles. The van der Waals surface area contributed by atoms with E-state index in [4.69, 9.17) is 0 Å². The van der Waals surface area contributed by atoms with Crippen molar-refractivity contribution in [2.45, 2.75) is 32.2 Å². The second kappa shape index (κ2) is 7.03. The number of nitrogens with one attached hydrogen (secondary N) is 1. The van der Waals surface area contributed by atoms with Crippen LogP contribution in [0.25, 0.3) is 0 Å². The molecule has 2 aromatic rings. The summed E-state index contributed by atoms with van der Waals surface area (Å²) in [5.41, 5.74) is 2.46. The van der Waals surface area contributed by atoms with Gasteiger partial charge in [0.15, 0.2) is 0 Å². The summed E-state index contributed by atoms with van der Waals surface area (Å²) < 4.78 is 0. The standard InChI is InChI=1S/C20H24N4O2/c1-14-4-2-3-5-16(14)13-23-8-10-24(11-9-23)20(26)17-12-21-18(15-6-7-15)22-19(17)25/h2-5,12,15H,6-11,13H2,1H3,(H,21,22,25). The highest BCUT2D eigenvalue weighted by Crippen LogP contribution is 2.37. The van der Waals surface area contributed by atoms with Gasteiger partial charge in [-0.1, -0.05) is 24.3 Å². The number of aryl methyl sites for hydroxylation is 1. The Bertz CT molecular complexity index is 864. The molecule has 0 radical (unpaired) electrons. The number of nitrogens with zero attached hydrogens (tertiary/aromatic N) is 3. The van der Waals surface area contributed by atoms with Crippen LogP contribution in [-0.4, -0.2) is 51.9 Å². The number of H-pyrrole nitrogens is 1. The number of piperazine rings is 1. The van der Waals surface area contributed by atoms with E-state index in [0.29, 0.717) is 19.0 Å². The molecule has 0 bridgehead atoms. The van der Waals surface area contributed by atoms with Gasteiger partial charge in [-0.15, -0.1) is 0 Å². The SMILES string of the molecule is Cc1ccccc1CN1CCN(C(=O)c2cnc(C3CC3)[nH]c2=O)CC1. The minimum atomic E-state index is -0.311. The van der Waals surface area contributed by atoms with E-state index in [9.17, 15) is 9.59 Å². The summed E-state index contributed by atoms with van der Waals surface area (Å²) in [7, 11) is 0. The summed E-state index contributed by atoms with van der Waals surface area (Å²) in [6.45, 7) is 5.91. The highest BCUT2D eigenvalue weighted by molar-refractivity contribution is 5.93. The molecule has 1 aromatic carbocycles. The Morgan fingerprint density at radius 1 is 1.19 bits per heavy atom. The van der Waals surface area contributed by atoms with Crippen molar-refractivity contribution in [3.63, 3.8) is 0 Å². The Kier molecular flexibility index (Phi) is 4.59. The molecule has 2 aliphatic rings. The lowest BCUT2D eigenvalue weighted by atomic mass is 10.1. The molecule has 2 fully saturated rings. The maximum Gasteiger partial charge on any atom is 0.263 e. The van der Waals surface area contributed by atoms with Gasteiger partial charge in [0.25, 0.3) is 11.5 Å². The quantitative estimate of drug-likeness (QED) is 0.913. The van der Waals surface area contributed by atoms with Crippen molar-refractivity contribution >= 4 is 5.91 Å². The summed E-state index contributed by atoms with van der Waals surface area (Å²) in [6.07, 6.45) is 3.59. The van der Waals surface area contributed by atoms with Crippen LogP contribution in [0.1, 0.15) is 46.1 Å². The van der Waals surface area contributed by atoms with Gasteiger partial charge in [0.05, 0.1) is 0 Å². The fraction of sp³-hybridized carbons (Fsp3) is 0.450. The Morgan fingerprint density at radius 3 is 2.58 bits per heavy atom. The Balaban J connectivity index is 1.37. The number of carbonyl (C=O) groups excluding carboxylic acids is 1.